The zero-order chi connectivity index (χ0) is 22.8. The maximum atomic E-state index is 12.3. The zero-order valence-electron chi connectivity index (χ0n) is 17.5. The molecule has 9 heteroatoms. The average Bonchev–Trinajstić information content (AvgIpc) is 3.25. The van der Waals surface area contributed by atoms with Crippen LogP contribution in [0, 0.1) is 11.8 Å². The molecule has 2 rings (SSSR count). The highest BCUT2D eigenvalue weighted by atomic mass is 16.5. The number of hydrogen-bond acceptors (Lipinski definition) is 6. The topological polar surface area (TPSA) is 171 Å². The van der Waals surface area contributed by atoms with Crippen molar-refractivity contribution < 1.29 is 24.9 Å². The Morgan fingerprint density at radius 3 is 2.52 bits per heavy atom. The molecule has 0 aromatic heterocycles. The first-order valence-electron chi connectivity index (χ1n) is 10.4. The highest BCUT2D eigenvalue weighted by molar-refractivity contribution is 5.97. The van der Waals surface area contributed by atoms with Gasteiger partial charge in [-0.15, -0.1) is 0 Å². The van der Waals surface area contributed by atoms with E-state index >= 15 is 0 Å². The van der Waals surface area contributed by atoms with E-state index in [0.717, 1.165) is 12.8 Å². The van der Waals surface area contributed by atoms with Gasteiger partial charge in [-0.2, -0.15) is 0 Å². The molecule has 31 heavy (non-hydrogen) atoms. The fraction of sp³-hybridized carbons (Fsp3) is 0.500. The number of carbonyl (C=O) groups is 2. The third-order valence-electron chi connectivity index (χ3n) is 5.37. The van der Waals surface area contributed by atoms with Crippen LogP contribution in [0.15, 0.2) is 41.4 Å². The second-order valence-electron chi connectivity index (χ2n) is 7.87. The molecule has 2 atom stereocenters. The van der Waals surface area contributed by atoms with Crippen LogP contribution in [-0.4, -0.2) is 51.9 Å². The Labute approximate surface area is 181 Å². The van der Waals surface area contributed by atoms with Crippen LogP contribution in [-0.2, 0) is 4.79 Å². The molecule has 1 aromatic carbocycles. The van der Waals surface area contributed by atoms with Crippen LogP contribution >= 0.6 is 0 Å². The quantitative estimate of drug-likeness (QED) is 0.122. The first-order valence-corrected chi connectivity index (χ1v) is 10.4. The van der Waals surface area contributed by atoms with Gasteiger partial charge in [-0.05, 0) is 55.7 Å². The molecule has 1 aromatic rings. The normalized spacial score (nSPS) is 15.6. The van der Waals surface area contributed by atoms with Gasteiger partial charge in [-0.25, -0.2) is 4.99 Å². The van der Waals surface area contributed by atoms with E-state index in [0.29, 0.717) is 24.1 Å². The van der Waals surface area contributed by atoms with Crippen LogP contribution in [0.5, 0.6) is 0 Å². The maximum absolute atomic E-state index is 12.3. The van der Waals surface area contributed by atoms with E-state index in [1.165, 1.54) is 6.07 Å². The number of hydrogen-bond donors (Lipinski definition) is 6. The van der Waals surface area contributed by atoms with Gasteiger partial charge in [0.15, 0.2) is 18.0 Å². The van der Waals surface area contributed by atoms with E-state index in [1.54, 1.807) is 18.2 Å². The van der Waals surface area contributed by atoms with Gasteiger partial charge in [-0.1, -0.05) is 18.2 Å². The Bertz CT molecular complexity index is 797. The minimum Gasteiger partial charge on any atom is -0.393 e. The number of nitrogens with zero attached hydrogens (tertiary/aromatic N) is 1. The van der Waals surface area contributed by atoms with E-state index in [1.807, 2.05) is 12.2 Å². The number of carbonyl (C=O) groups excluding carboxylic acids is 2. The highest BCUT2D eigenvalue weighted by Crippen LogP contribution is 2.30. The summed E-state index contributed by atoms with van der Waals surface area (Å²) in [5, 5.41) is 31.8. The van der Waals surface area contributed by atoms with Crippen molar-refractivity contribution in [2.75, 3.05) is 6.54 Å². The number of ketones is 1. The number of guanidine groups is 1. The number of allylic oxidation sites excluding steroid dienone is 2. The number of nitrogens with one attached hydrogen (secondary N) is 1. The van der Waals surface area contributed by atoms with Crippen molar-refractivity contribution >= 4 is 23.3 Å². The van der Waals surface area contributed by atoms with Gasteiger partial charge in [0, 0.05) is 18.4 Å². The number of Topliss-reactive ketones (excluding diaryl/α,β-unsaturated/α-hetero) is 1. The van der Waals surface area contributed by atoms with E-state index < -0.39 is 18.3 Å². The minimum atomic E-state index is -1.50. The first-order chi connectivity index (χ1) is 14.8. The van der Waals surface area contributed by atoms with E-state index in [4.69, 9.17) is 11.5 Å². The van der Waals surface area contributed by atoms with Crippen molar-refractivity contribution in [3.05, 3.63) is 42.0 Å². The standard InChI is InChI=1S/C22H32N4O5/c23-22(24)26-17-9-3-8-16(11-17)21(31)25-13-18(27)10-4-7-15(12-19(28)29)20(30)14-5-1-2-6-14/h1-3,8-9,11,14-15,19-20,28-30H,4-7,10,12-13H2,(H,25,31)(H4,23,24,26). The predicted molar refractivity (Wildman–Crippen MR) is 117 cm³/mol. The molecule has 1 amide bonds. The molecule has 1 aliphatic carbocycles. The second kappa shape index (κ2) is 12.2. The Morgan fingerprint density at radius 1 is 1.16 bits per heavy atom. The lowest BCUT2D eigenvalue weighted by Gasteiger charge is -2.28. The molecular weight excluding hydrogens is 400 g/mol. The molecule has 2 unspecified atom stereocenters. The number of amides is 1. The number of benzene rings is 1. The fourth-order valence-electron chi connectivity index (χ4n) is 3.80. The molecule has 8 N–H and O–H groups in total. The molecule has 1 aliphatic rings. The lowest BCUT2D eigenvalue weighted by Crippen LogP contribution is -2.31. The Hall–Kier alpha value is -2.75. The molecule has 0 fully saturated rings. The summed E-state index contributed by atoms with van der Waals surface area (Å²) >= 11 is 0. The number of aliphatic hydroxyl groups excluding tert-OH is 2. The van der Waals surface area contributed by atoms with Crippen molar-refractivity contribution in [1.82, 2.24) is 5.32 Å². The summed E-state index contributed by atoms with van der Waals surface area (Å²) in [6.07, 6.45) is 4.69. The lowest BCUT2D eigenvalue weighted by molar-refractivity contribution is -0.118. The summed E-state index contributed by atoms with van der Waals surface area (Å²) < 4.78 is 0. The van der Waals surface area contributed by atoms with Crippen LogP contribution < -0.4 is 16.8 Å². The van der Waals surface area contributed by atoms with Crippen molar-refractivity contribution in [3.8, 4) is 0 Å². The molecule has 0 saturated carbocycles. The average molecular weight is 433 g/mol. The fourth-order valence-corrected chi connectivity index (χ4v) is 3.80. The van der Waals surface area contributed by atoms with Crippen LogP contribution in [0.25, 0.3) is 0 Å². The number of aliphatic imine (C=N–C) groups is 1. The van der Waals surface area contributed by atoms with Crippen molar-refractivity contribution in [1.29, 1.82) is 0 Å². The molecule has 0 saturated heterocycles. The van der Waals surface area contributed by atoms with Gasteiger partial charge >= 0.3 is 0 Å². The Balaban J connectivity index is 1.78. The van der Waals surface area contributed by atoms with Crippen molar-refractivity contribution in [2.24, 2.45) is 28.3 Å². The molecule has 0 bridgehead atoms. The monoisotopic (exact) mass is 432 g/mol. The maximum Gasteiger partial charge on any atom is 0.251 e. The molecule has 9 nitrogen and oxygen atoms in total. The van der Waals surface area contributed by atoms with Crippen LogP contribution in [0.1, 0.15) is 48.9 Å². The van der Waals surface area contributed by atoms with Gasteiger partial charge < -0.3 is 32.1 Å². The zero-order valence-corrected chi connectivity index (χ0v) is 17.5. The first kappa shape index (κ1) is 24.5. The summed E-state index contributed by atoms with van der Waals surface area (Å²) in [4.78, 5) is 28.3. The molecule has 0 aliphatic heterocycles. The van der Waals surface area contributed by atoms with Gasteiger partial charge in [0.25, 0.3) is 5.91 Å². The predicted octanol–water partition coefficient (Wildman–Crippen LogP) is 0.705. The highest BCUT2D eigenvalue weighted by Gasteiger charge is 2.29. The van der Waals surface area contributed by atoms with Gasteiger partial charge in [-0.3, -0.25) is 9.59 Å². The molecule has 0 spiro atoms. The van der Waals surface area contributed by atoms with Gasteiger partial charge in [0.2, 0.25) is 0 Å². The summed E-state index contributed by atoms with van der Waals surface area (Å²) in [5.74, 6) is -0.895. The molecule has 0 radical (unpaired) electrons. The number of rotatable bonds is 12. The number of nitrogens with two attached hydrogens (primary N) is 2. The molecule has 0 heterocycles. The van der Waals surface area contributed by atoms with Gasteiger partial charge in [0.05, 0.1) is 18.3 Å². The second-order valence-corrected chi connectivity index (χ2v) is 7.87. The molecule has 170 valence electrons. The van der Waals surface area contributed by atoms with Crippen molar-refractivity contribution in [2.45, 2.75) is 50.9 Å². The largest absolute Gasteiger partial charge is 0.393 e. The van der Waals surface area contributed by atoms with E-state index in [-0.39, 0.29) is 43.0 Å². The number of aliphatic hydroxyl groups is 3. The SMILES string of the molecule is NC(N)=Nc1cccc(C(=O)NCC(=O)CCCC(CC(O)O)C(O)C2CC=CC2)c1. The molecular formula is C22H32N4O5. The van der Waals surface area contributed by atoms with Crippen LogP contribution in [0.3, 0.4) is 0 Å². The van der Waals surface area contributed by atoms with Crippen molar-refractivity contribution in [3.63, 3.8) is 0 Å². The van der Waals surface area contributed by atoms with Gasteiger partial charge in [0.1, 0.15) is 0 Å². The van der Waals surface area contributed by atoms with Crippen LogP contribution in [0.4, 0.5) is 5.69 Å². The van der Waals surface area contributed by atoms with E-state index in [2.05, 4.69) is 10.3 Å². The summed E-state index contributed by atoms with van der Waals surface area (Å²) in [6, 6.07) is 6.40. The summed E-state index contributed by atoms with van der Waals surface area (Å²) in [6.45, 7) is -0.117. The third-order valence-corrected chi connectivity index (χ3v) is 5.37. The lowest BCUT2D eigenvalue weighted by atomic mass is 9.83. The van der Waals surface area contributed by atoms with Crippen LogP contribution in [0.2, 0.25) is 0 Å². The Kier molecular flexibility index (Phi) is 9.64. The van der Waals surface area contributed by atoms with E-state index in [9.17, 15) is 24.9 Å². The Morgan fingerprint density at radius 2 is 1.87 bits per heavy atom. The minimum absolute atomic E-state index is 0.0642. The smallest absolute Gasteiger partial charge is 0.251 e. The summed E-state index contributed by atoms with van der Waals surface area (Å²) in [7, 11) is 0. The summed E-state index contributed by atoms with van der Waals surface area (Å²) in [5.41, 5.74) is 11.4. The third kappa shape index (κ3) is 8.49.